The molecule has 3 nitrogen and oxygen atoms in total. The van der Waals surface area contributed by atoms with Crippen molar-refractivity contribution in [3.05, 3.63) is 65.7 Å². The van der Waals surface area contributed by atoms with Crippen LogP contribution in [0, 0.1) is 42.6 Å². The van der Waals surface area contributed by atoms with Gasteiger partial charge in [-0.05, 0) is 42.5 Å². The summed E-state index contributed by atoms with van der Waals surface area (Å²) in [5.41, 5.74) is -0.403. The molecule has 2 aromatic carbocycles. The van der Waals surface area contributed by atoms with Gasteiger partial charge in [-0.1, -0.05) is 23.5 Å². The maximum Gasteiger partial charge on any atom is 0.416 e. The molecule has 0 aliphatic carbocycles. The number of alkyl halides is 3. The summed E-state index contributed by atoms with van der Waals surface area (Å²) in [4.78, 5) is 13.0. The van der Waals surface area contributed by atoms with Crippen LogP contribution in [0.15, 0.2) is 47.4 Å². The molecule has 0 unspecified atom stereocenters. The molecule has 0 saturated heterocycles. The second-order valence-electron chi connectivity index (χ2n) is 4.42. The van der Waals surface area contributed by atoms with Crippen LogP contribution in [0.2, 0.25) is 5.02 Å². The first-order valence-electron chi connectivity index (χ1n) is 6.28. The molecule has 2 N–H and O–H groups in total. The molecule has 2 aromatic rings. The zero-order chi connectivity index (χ0) is 17.0. The third-order valence-corrected chi connectivity index (χ3v) is 3.82. The van der Waals surface area contributed by atoms with Crippen LogP contribution in [0.4, 0.5) is 18.9 Å². The van der Waals surface area contributed by atoms with Gasteiger partial charge in [-0.15, -0.1) is 0 Å². The van der Waals surface area contributed by atoms with Crippen LogP contribution < -0.4 is 10.0 Å². The van der Waals surface area contributed by atoms with Gasteiger partial charge in [0, 0.05) is 46.1 Å². The minimum atomic E-state index is -4.48. The van der Waals surface area contributed by atoms with Crippen molar-refractivity contribution in [1.82, 2.24) is 4.72 Å². The Hall–Kier alpha value is -0.505. The van der Waals surface area contributed by atoms with Crippen molar-refractivity contribution in [2.45, 2.75) is 11.1 Å². The molecule has 9 heteroatoms. The maximum absolute atomic E-state index is 12.6. The van der Waals surface area contributed by atoms with Crippen LogP contribution in [-0.4, -0.2) is 5.91 Å². The van der Waals surface area contributed by atoms with Crippen molar-refractivity contribution in [2.24, 2.45) is 0 Å². The monoisotopic (exact) mass is 498 g/mol. The first-order valence-corrected chi connectivity index (χ1v) is 7.48. The number of hydrogen-bond acceptors (Lipinski definition) is 3. The Labute approximate surface area is 174 Å². The average Bonchev–Trinajstić information content (AvgIpc) is 2.49. The van der Waals surface area contributed by atoms with Crippen LogP contribution >= 0.6 is 23.5 Å². The number of halogens is 4. The molecule has 0 bridgehead atoms. The Morgan fingerprint density at radius 3 is 2.25 bits per heavy atom. The SMILES string of the molecule is [CH2-]NSc1ccc(C(=O)Nc2ccc(C(F)(F)F)cc2Cl)cc1.[La]. The van der Waals surface area contributed by atoms with Crippen molar-refractivity contribution < 1.29 is 53.6 Å². The number of carbonyl (C=O) groups is 1. The normalized spacial score (nSPS) is 10.9. The van der Waals surface area contributed by atoms with Gasteiger partial charge in [0.15, 0.2) is 0 Å². The quantitative estimate of drug-likeness (QED) is 0.461. The number of rotatable bonds is 4. The number of carbonyl (C=O) groups excluding carboxylic acids is 1. The fourth-order valence-corrected chi connectivity index (χ4v) is 2.41. The molecule has 2 rings (SSSR count). The molecule has 0 aromatic heterocycles. The van der Waals surface area contributed by atoms with E-state index in [4.69, 9.17) is 11.6 Å². The Bertz CT molecular complexity index is 711. The predicted octanol–water partition coefficient (Wildman–Crippen LogP) is 5.00. The van der Waals surface area contributed by atoms with E-state index in [1.54, 1.807) is 24.3 Å². The summed E-state index contributed by atoms with van der Waals surface area (Å²) in [6.45, 7) is 0. The Morgan fingerprint density at radius 2 is 1.75 bits per heavy atom. The minimum absolute atomic E-state index is 0. The summed E-state index contributed by atoms with van der Waals surface area (Å²) in [5, 5.41) is 2.30. The van der Waals surface area contributed by atoms with E-state index in [1.165, 1.54) is 11.9 Å². The van der Waals surface area contributed by atoms with Crippen molar-refractivity contribution in [3.63, 3.8) is 0 Å². The van der Waals surface area contributed by atoms with Gasteiger partial charge in [0.05, 0.1) is 16.3 Å². The summed E-state index contributed by atoms with van der Waals surface area (Å²) in [7, 11) is 3.47. The van der Waals surface area contributed by atoms with Crippen LogP contribution in [-0.2, 0) is 6.18 Å². The van der Waals surface area contributed by atoms with Gasteiger partial charge in [-0.3, -0.25) is 11.8 Å². The summed E-state index contributed by atoms with van der Waals surface area (Å²) in [6, 6.07) is 9.37. The van der Waals surface area contributed by atoms with Crippen molar-refractivity contribution in [2.75, 3.05) is 5.32 Å². The van der Waals surface area contributed by atoms with E-state index in [1.807, 2.05) is 0 Å². The van der Waals surface area contributed by atoms with Gasteiger partial charge in [-0.2, -0.15) is 13.2 Å². The fourth-order valence-electron chi connectivity index (χ4n) is 1.74. The number of anilines is 1. The number of nitrogens with one attached hydrogen (secondary N) is 2. The second-order valence-corrected chi connectivity index (χ2v) is 5.79. The summed E-state index contributed by atoms with van der Waals surface area (Å²) < 4.78 is 40.4. The van der Waals surface area contributed by atoms with Gasteiger partial charge < -0.3 is 10.0 Å². The first-order chi connectivity index (χ1) is 10.8. The first kappa shape index (κ1) is 21.5. The third kappa shape index (κ3) is 5.79. The van der Waals surface area contributed by atoms with Gasteiger partial charge >= 0.3 is 6.18 Å². The predicted molar refractivity (Wildman–Crippen MR) is 85.2 cm³/mol. The third-order valence-electron chi connectivity index (χ3n) is 2.85. The molecule has 0 atom stereocenters. The molecule has 1 radical (unpaired) electrons. The summed E-state index contributed by atoms with van der Waals surface area (Å²) in [5.74, 6) is -0.467. The van der Waals surface area contributed by atoms with Crippen LogP contribution in [0.1, 0.15) is 15.9 Å². The van der Waals surface area contributed by atoms with Crippen molar-refractivity contribution in [1.29, 1.82) is 0 Å². The Kier molecular flexibility index (Phi) is 8.31. The Balaban J connectivity index is 0.00000288. The van der Waals surface area contributed by atoms with E-state index in [0.29, 0.717) is 5.56 Å². The van der Waals surface area contributed by atoms with Gasteiger partial charge in [0.2, 0.25) is 0 Å². The van der Waals surface area contributed by atoms with Crippen LogP contribution in [0.25, 0.3) is 0 Å². The molecule has 0 aliphatic rings. The zero-order valence-electron chi connectivity index (χ0n) is 12.2. The molecule has 1 amide bonds. The summed E-state index contributed by atoms with van der Waals surface area (Å²) >= 11 is 7.09. The standard InChI is InChI=1S/C15H11ClF3N2OS.La/c1-20-23-11-5-2-9(3-6-11)14(22)21-13-7-4-10(8-12(13)16)15(17,18)19;/h2-8,20H,1H2,(H,21,22);/q-1;. The molecule has 125 valence electrons. The molecule has 0 spiro atoms. The van der Waals surface area contributed by atoms with Gasteiger partial charge in [0.25, 0.3) is 5.91 Å². The molecule has 0 aliphatic heterocycles. The Morgan fingerprint density at radius 1 is 1.12 bits per heavy atom. The molecule has 0 fully saturated rings. The maximum atomic E-state index is 12.6. The molecule has 0 saturated carbocycles. The molecule has 24 heavy (non-hydrogen) atoms. The largest absolute Gasteiger partial charge is 0.416 e. The van der Waals surface area contributed by atoms with E-state index in [2.05, 4.69) is 17.1 Å². The molecule has 0 heterocycles. The smallest absolute Gasteiger partial charge is 0.414 e. The van der Waals surface area contributed by atoms with E-state index in [0.717, 1.165) is 23.1 Å². The van der Waals surface area contributed by atoms with Gasteiger partial charge in [-0.25, -0.2) is 0 Å². The van der Waals surface area contributed by atoms with Crippen molar-refractivity contribution in [3.8, 4) is 0 Å². The van der Waals surface area contributed by atoms with Crippen LogP contribution in [0.5, 0.6) is 0 Å². The van der Waals surface area contributed by atoms with Crippen molar-refractivity contribution >= 4 is 35.1 Å². The average molecular weight is 499 g/mol. The van der Waals surface area contributed by atoms with E-state index in [-0.39, 0.29) is 46.3 Å². The zero-order valence-corrected chi connectivity index (χ0v) is 17.4. The fraction of sp³-hybridized carbons (Fsp3) is 0.0667. The van der Waals surface area contributed by atoms with E-state index >= 15 is 0 Å². The second kappa shape index (κ2) is 9.26. The van der Waals surface area contributed by atoms with E-state index < -0.39 is 17.6 Å². The minimum Gasteiger partial charge on any atom is -0.414 e. The molecular weight excluding hydrogens is 488 g/mol. The van der Waals surface area contributed by atoms with Gasteiger partial charge in [0.1, 0.15) is 0 Å². The number of amides is 1. The number of hydrogen-bond donors (Lipinski definition) is 2. The van der Waals surface area contributed by atoms with E-state index in [9.17, 15) is 18.0 Å². The molecular formula is C15H11ClF3LaN2OS-. The topological polar surface area (TPSA) is 41.1 Å². The summed E-state index contributed by atoms with van der Waals surface area (Å²) in [6.07, 6.45) is -4.48. The van der Waals surface area contributed by atoms with Crippen LogP contribution in [0.3, 0.4) is 0 Å². The number of benzene rings is 2.